The van der Waals surface area contributed by atoms with Crippen LogP contribution in [0.25, 0.3) is 5.76 Å². The van der Waals surface area contributed by atoms with Crippen molar-refractivity contribution in [2.75, 3.05) is 7.11 Å². The molecule has 4 rings (SSSR count). The van der Waals surface area contributed by atoms with E-state index in [0.717, 1.165) is 10.0 Å². The summed E-state index contributed by atoms with van der Waals surface area (Å²) in [5.41, 5.74) is 1.90. The minimum atomic E-state index is -0.806. The van der Waals surface area contributed by atoms with Crippen molar-refractivity contribution in [3.63, 3.8) is 0 Å². The molecule has 0 spiro atoms. The van der Waals surface area contributed by atoms with Gasteiger partial charge in [-0.3, -0.25) is 9.59 Å². The molecular formula is C28H26BrNO5. The first kappa shape index (κ1) is 24.5. The summed E-state index contributed by atoms with van der Waals surface area (Å²) in [5, 5.41) is 11.2. The van der Waals surface area contributed by atoms with Crippen LogP contribution in [0.15, 0.2) is 82.8 Å². The summed E-state index contributed by atoms with van der Waals surface area (Å²) in [7, 11) is 1.56. The molecule has 0 saturated carbocycles. The summed E-state index contributed by atoms with van der Waals surface area (Å²) in [4.78, 5) is 28.1. The van der Waals surface area contributed by atoms with E-state index in [1.807, 2.05) is 50.2 Å². The highest BCUT2D eigenvalue weighted by molar-refractivity contribution is 9.10. The Balaban J connectivity index is 1.87. The summed E-state index contributed by atoms with van der Waals surface area (Å²) in [6.07, 6.45) is -0.0482. The van der Waals surface area contributed by atoms with E-state index in [0.29, 0.717) is 22.6 Å². The monoisotopic (exact) mass is 535 g/mol. The van der Waals surface area contributed by atoms with Crippen LogP contribution in [0.4, 0.5) is 0 Å². The fraction of sp³-hybridized carbons (Fsp3) is 0.214. The number of benzene rings is 3. The first-order valence-electron chi connectivity index (χ1n) is 11.2. The van der Waals surface area contributed by atoms with Gasteiger partial charge in [-0.25, -0.2) is 0 Å². The van der Waals surface area contributed by atoms with Crippen molar-refractivity contribution in [2.24, 2.45) is 0 Å². The highest BCUT2D eigenvalue weighted by Gasteiger charge is 2.46. The van der Waals surface area contributed by atoms with E-state index < -0.39 is 17.7 Å². The zero-order chi connectivity index (χ0) is 25.1. The number of halogens is 1. The summed E-state index contributed by atoms with van der Waals surface area (Å²) < 4.78 is 12.2. The largest absolute Gasteiger partial charge is 0.507 e. The zero-order valence-corrected chi connectivity index (χ0v) is 21.3. The number of rotatable bonds is 7. The Labute approximate surface area is 212 Å². The number of ketones is 1. The van der Waals surface area contributed by atoms with Gasteiger partial charge < -0.3 is 19.5 Å². The molecule has 1 amide bonds. The van der Waals surface area contributed by atoms with Crippen molar-refractivity contribution < 1.29 is 24.2 Å². The Bertz CT molecular complexity index is 1280. The van der Waals surface area contributed by atoms with Crippen molar-refractivity contribution in [2.45, 2.75) is 32.5 Å². The SMILES string of the molecule is COc1ccccc1CN1C(=O)C(=O)/C(=C(\O)c2ccc(Br)cc2)C1c1cccc(OC(C)C)c1. The molecule has 1 fully saturated rings. The molecule has 1 aliphatic rings. The smallest absolute Gasteiger partial charge is 0.295 e. The number of carbonyl (C=O) groups is 2. The van der Waals surface area contributed by atoms with Crippen molar-refractivity contribution in [1.29, 1.82) is 0 Å². The van der Waals surface area contributed by atoms with Gasteiger partial charge in [-0.05, 0) is 49.7 Å². The van der Waals surface area contributed by atoms with Gasteiger partial charge in [-0.2, -0.15) is 0 Å². The van der Waals surface area contributed by atoms with Crippen LogP contribution in [0.1, 0.15) is 36.6 Å². The van der Waals surface area contributed by atoms with Crippen LogP contribution in [-0.2, 0) is 16.1 Å². The lowest BCUT2D eigenvalue weighted by Crippen LogP contribution is -2.29. The number of carbonyl (C=O) groups excluding carboxylic acids is 2. The second-order valence-electron chi connectivity index (χ2n) is 8.48. The molecule has 35 heavy (non-hydrogen) atoms. The average Bonchev–Trinajstić information content (AvgIpc) is 3.09. The lowest BCUT2D eigenvalue weighted by molar-refractivity contribution is -0.140. The second kappa shape index (κ2) is 10.4. The van der Waals surface area contributed by atoms with Crippen LogP contribution in [0.3, 0.4) is 0 Å². The number of Topliss-reactive ketones (excluding diaryl/α,β-unsaturated/α-hetero) is 1. The van der Waals surface area contributed by atoms with Crippen molar-refractivity contribution in [1.82, 2.24) is 4.90 Å². The molecule has 1 saturated heterocycles. The lowest BCUT2D eigenvalue weighted by atomic mass is 9.95. The van der Waals surface area contributed by atoms with Gasteiger partial charge in [0, 0.05) is 15.6 Å². The first-order chi connectivity index (χ1) is 16.8. The van der Waals surface area contributed by atoms with Crippen molar-refractivity contribution in [3.8, 4) is 11.5 Å². The van der Waals surface area contributed by atoms with E-state index in [1.165, 1.54) is 4.90 Å². The fourth-order valence-electron chi connectivity index (χ4n) is 4.20. The molecule has 7 heteroatoms. The van der Waals surface area contributed by atoms with Crippen LogP contribution in [0.2, 0.25) is 0 Å². The molecule has 3 aromatic rings. The number of aliphatic hydroxyl groups is 1. The number of amides is 1. The van der Waals surface area contributed by atoms with E-state index in [4.69, 9.17) is 9.47 Å². The van der Waals surface area contributed by atoms with Gasteiger partial charge in [-0.15, -0.1) is 0 Å². The number of hydrogen-bond donors (Lipinski definition) is 1. The molecule has 1 N–H and O–H groups in total. The van der Waals surface area contributed by atoms with E-state index >= 15 is 0 Å². The number of methoxy groups -OCH3 is 1. The quantitative estimate of drug-likeness (QED) is 0.232. The molecule has 1 unspecified atom stereocenters. The normalized spacial score (nSPS) is 17.2. The summed E-state index contributed by atoms with van der Waals surface area (Å²) >= 11 is 3.38. The van der Waals surface area contributed by atoms with Gasteiger partial charge >= 0.3 is 0 Å². The van der Waals surface area contributed by atoms with Gasteiger partial charge in [0.1, 0.15) is 17.3 Å². The zero-order valence-electron chi connectivity index (χ0n) is 19.7. The third kappa shape index (κ3) is 5.10. The topological polar surface area (TPSA) is 76.1 Å². The van der Waals surface area contributed by atoms with Crippen molar-refractivity contribution >= 4 is 33.4 Å². The minimum Gasteiger partial charge on any atom is -0.507 e. The highest BCUT2D eigenvalue weighted by Crippen LogP contribution is 2.42. The summed E-state index contributed by atoms with van der Waals surface area (Å²) in [5.74, 6) is -0.421. The van der Waals surface area contributed by atoms with Crippen LogP contribution >= 0.6 is 15.9 Å². The van der Waals surface area contributed by atoms with E-state index in [-0.39, 0.29) is 24.0 Å². The van der Waals surface area contributed by atoms with E-state index in [1.54, 1.807) is 43.5 Å². The molecule has 0 aromatic heterocycles. The third-order valence-corrected chi connectivity index (χ3v) is 6.27. The van der Waals surface area contributed by atoms with Crippen LogP contribution in [0.5, 0.6) is 11.5 Å². The van der Waals surface area contributed by atoms with Gasteiger partial charge in [0.25, 0.3) is 11.7 Å². The molecular weight excluding hydrogens is 510 g/mol. The number of likely N-dealkylation sites (tertiary alicyclic amines) is 1. The Hall–Kier alpha value is -3.58. The standard InChI is InChI=1S/C28H26BrNO5/c1-17(2)35-22-9-6-8-19(15-22)25-24(26(31)18-11-13-21(29)14-12-18)27(32)28(33)30(25)16-20-7-4-5-10-23(20)34-3/h4-15,17,25,31H,16H2,1-3H3/b26-24-. The maximum absolute atomic E-state index is 13.3. The van der Waals surface area contributed by atoms with E-state index in [2.05, 4.69) is 15.9 Å². The Morgan fingerprint density at radius 3 is 2.43 bits per heavy atom. The van der Waals surface area contributed by atoms with Gasteiger partial charge in [0.2, 0.25) is 0 Å². The molecule has 1 aliphatic heterocycles. The molecule has 1 atom stereocenters. The highest BCUT2D eigenvalue weighted by atomic mass is 79.9. The molecule has 0 bridgehead atoms. The first-order valence-corrected chi connectivity index (χ1v) is 12.0. The van der Waals surface area contributed by atoms with Crippen LogP contribution < -0.4 is 9.47 Å². The Kier molecular flexibility index (Phi) is 7.26. The van der Waals surface area contributed by atoms with Crippen LogP contribution in [-0.4, -0.2) is 34.9 Å². The third-order valence-electron chi connectivity index (χ3n) is 5.74. The molecule has 0 aliphatic carbocycles. The molecule has 1 heterocycles. The lowest BCUT2D eigenvalue weighted by Gasteiger charge is -2.26. The summed E-state index contributed by atoms with van der Waals surface area (Å²) in [6, 6.07) is 20.7. The predicted octanol–water partition coefficient (Wildman–Crippen LogP) is 5.87. The number of hydrogen-bond acceptors (Lipinski definition) is 5. The van der Waals surface area contributed by atoms with Crippen LogP contribution in [0, 0.1) is 0 Å². The van der Waals surface area contributed by atoms with E-state index in [9.17, 15) is 14.7 Å². The second-order valence-corrected chi connectivity index (χ2v) is 9.40. The van der Waals surface area contributed by atoms with Gasteiger partial charge in [-0.1, -0.05) is 58.4 Å². The number of para-hydroxylation sites is 1. The molecule has 0 radical (unpaired) electrons. The Morgan fingerprint density at radius 2 is 1.74 bits per heavy atom. The average molecular weight is 536 g/mol. The molecule has 3 aromatic carbocycles. The number of aliphatic hydroxyl groups excluding tert-OH is 1. The number of ether oxygens (including phenoxy) is 2. The molecule has 6 nitrogen and oxygen atoms in total. The predicted molar refractivity (Wildman–Crippen MR) is 137 cm³/mol. The molecule has 180 valence electrons. The fourth-order valence-corrected chi connectivity index (χ4v) is 4.46. The van der Waals surface area contributed by atoms with Gasteiger partial charge in [0.05, 0.1) is 31.4 Å². The van der Waals surface area contributed by atoms with Crippen molar-refractivity contribution in [3.05, 3.63) is 99.5 Å². The maximum atomic E-state index is 13.3. The number of nitrogens with zero attached hydrogens (tertiary/aromatic N) is 1. The minimum absolute atomic E-state index is 0.0360. The maximum Gasteiger partial charge on any atom is 0.295 e. The summed E-state index contributed by atoms with van der Waals surface area (Å²) in [6.45, 7) is 3.98. The van der Waals surface area contributed by atoms with Gasteiger partial charge in [0.15, 0.2) is 0 Å². The Morgan fingerprint density at radius 1 is 1.03 bits per heavy atom.